The highest BCUT2D eigenvalue weighted by Gasteiger charge is 2.16. The fourth-order valence-corrected chi connectivity index (χ4v) is 4.17. The number of guanidine groups is 1. The number of likely N-dealkylation sites (tertiary alicyclic amines) is 1. The number of nitrogens with zero attached hydrogens (tertiary/aromatic N) is 4. The van der Waals surface area contributed by atoms with Gasteiger partial charge in [-0.2, -0.15) is 0 Å². The number of hydrogen-bond acceptors (Lipinski definition) is 5. The zero-order valence-electron chi connectivity index (χ0n) is 18.5. The third-order valence-corrected chi connectivity index (χ3v) is 5.94. The Labute approximate surface area is 185 Å². The molecule has 2 N–H and O–H groups in total. The van der Waals surface area contributed by atoms with Gasteiger partial charge in [0.15, 0.2) is 5.96 Å². The number of morpholine rings is 1. The first-order valence-electron chi connectivity index (χ1n) is 11.3. The van der Waals surface area contributed by atoms with Gasteiger partial charge in [0.2, 0.25) is 0 Å². The monoisotopic (exact) mass is 422 g/mol. The Morgan fingerprint density at radius 2 is 1.68 bits per heavy atom. The molecule has 2 aromatic rings. The van der Waals surface area contributed by atoms with Crippen LogP contribution in [-0.2, 0) is 24.4 Å². The summed E-state index contributed by atoms with van der Waals surface area (Å²) in [4.78, 5) is 13.8. The first-order chi connectivity index (χ1) is 15.3. The van der Waals surface area contributed by atoms with Crippen molar-refractivity contribution in [2.24, 2.45) is 4.99 Å². The van der Waals surface area contributed by atoms with Crippen LogP contribution in [0.2, 0.25) is 0 Å². The molecule has 0 amide bonds. The topological polar surface area (TPSA) is 65.0 Å². The number of rotatable bonds is 7. The third-order valence-electron chi connectivity index (χ3n) is 5.94. The SMILES string of the molecule is CN=C(NCc1ccc(CN2CCCC2)cc1)NCc1cccnc1N1CCOCC1. The van der Waals surface area contributed by atoms with Crippen LogP contribution < -0.4 is 15.5 Å². The molecule has 0 atom stereocenters. The average molecular weight is 423 g/mol. The Bertz CT molecular complexity index is 841. The number of hydrogen-bond donors (Lipinski definition) is 2. The van der Waals surface area contributed by atoms with Crippen molar-refractivity contribution in [1.82, 2.24) is 20.5 Å². The lowest BCUT2D eigenvalue weighted by Crippen LogP contribution is -2.39. The predicted molar refractivity (Wildman–Crippen MR) is 125 cm³/mol. The number of ether oxygens (including phenoxy) is 1. The molecule has 7 nitrogen and oxygen atoms in total. The second kappa shape index (κ2) is 11.1. The minimum atomic E-state index is 0.676. The maximum absolute atomic E-state index is 5.47. The van der Waals surface area contributed by atoms with Gasteiger partial charge in [0.25, 0.3) is 0 Å². The van der Waals surface area contributed by atoms with E-state index in [0.29, 0.717) is 6.54 Å². The molecule has 166 valence electrons. The second-order valence-electron chi connectivity index (χ2n) is 8.16. The summed E-state index contributed by atoms with van der Waals surface area (Å²) in [7, 11) is 1.81. The van der Waals surface area contributed by atoms with E-state index in [1.54, 1.807) is 7.05 Å². The smallest absolute Gasteiger partial charge is 0.191 e. The Kier molecular flexibility index (Phi) is 7.74. The third kappa shape index (κ3) is 6.18. The molecule has 1 aromatic carbocycles. The predicted octanol–water partition coefficient (Wildman–Crippen LogP) is 2.38. The molecule has 2 aliphatic heterocycles. The minimum absolute atomic E-state index is 0.676. The lowest BCUT2D eigenvalue weighted by atomic mass is 10.1. The van der Waals surface area contributed by atoms with Crippen molar-refractivity contribution < 1.29 is 4.74 Å². The molecular formula is C24H34N6O. The molecular weight excluding hydrogens is 388 g/mol. The molecule has 7 heteroatoms. The highest BCUT2D eigenvalue weighted by atomic mass is 16.5. The van der Waals surface area contributed by atoms with Crippen LogP contribution in [-0.4, -0.2) is 62.3 Å². The lowest BCUT2D eigenvalue weighted by molar-refractivity contribution is 0.122. The summed E-state index contributed by atoms with van der Waals surface area (Å²) in [6.45, 7) is 8.21. The number of pyridine rings is 1. The van der Waals surface area contributed by atoms with Crippen molar-refractivity contribution in [2.45, 2.75) is 32.5 Å². The van der Waals surface area contributed by atoms with Gasteiger partial charge in [-0.15, -0.1) is 0 Å². The van der Waals surface area contributed by atoms with E-state index in [1.807, 2.05) is 12.3 Å². The Hall–Kier alpha value is -2.64. The maximum atomic E-state index is 5.47. The van der Waals surface area contributed by atoms with Crippen molar-refractivity contribution in [3.63, 3.8) is 0 Å². The molecule has 1 aromatic heterocycles. The number of aliphatic imine (C=N–C) groups is 1. The molecule has 3 heterocycles. The van der Waals surface area contributed by atoms with Gasteiger partial charge in [-0.1, -0.05) is 30.3 Å². The van der Waals surface area contributed by atoms with E-state index in [2.05, 4.69) is 60.7 Å². The molecule has 0 unspecified atom stereocenters. The van der Waals surface area contributed by atoms with E-state index < -0.39 is 0 Å². The van der Waals surface area contributed by atoms with Crippen molar-refractivity contribution in [3.05, 3.63) is 59.3 Å². The van der Waals surface area contributed by atoms with Crippen LogP contribution in [0, 0.1) is 0 Å². The molecule has 31 heavy (non-hydrogen) atoms. The molecule has 2 fully saturated rings. The molecule has 2 saturated heterocycles. The maximum Gasteiger partial charge on any atom is 0.191 e. The van der Waals surface area contributed by atoms with Gasteiger partial charge in [0.05, 0.1) is 13.2 Å². The zero-order chi connectivity index (χ0) is 21.3. The van der Waals surface area contributed by atoms with Crippen molar-refractivity contribution in [2.75, 3.05) is 51.3 Å². The van der Waals surface area contributed by atoms with Crippen LogP contribution >= 0.6 is 0 Å². The Balaban J connectivity index is 1.27. The standard InChI is InChI=1S/C24H34N6O/c1-25-24(27-17-20-6-8-21(9-7-20)19-29-11-2-3-12-29)28-18-22-5-4-10-26-23(22)30-13-15-31-16-14-30/h4-10H,2-3,11-19H2,1H3,(H2,25,27,28). The number of benzene rings is 1. The van der Waals surface area contributed by atoms with Crippen LogP contribution in [0.25, 0.3) is 0 Å². The quantitative estimate of drug-likeness (QED) is 0.528. The molecule has 0 saturated carbocycles. The van der Waals surface area contributed by atoms with E-state index in [9.17, 15) is 0 Å². The highest BCUT2D eigenvalue weighted by Crippen LogP contribution is 2.18. The van der Waals surface area contributed by atoms with Crippen molar-refractivity contribution >= 4 is 11.8 Å². The second-order valence-corrected chi connectivity index (χ2v) is 8.16. The number of aromatic nitrogens is 1. The fourth-order valence-electron chi connectivity index (χ4n) is 4.17. The normalized spacial score (nSPS) is 17.7. The van der Waals surface area contributed by atoms with Crippen LogP contribution in [0.1, 0.15) is 29.5 Å². The van der Waals surface area contributed by atoms with E-state index in [1.165, 1.54) is 42.6 Å². The van der Waals surface area contributed by atoms with E-state index in [0.717, 1.165) is 51.2 Å². The van der Waals surface area contributed by atoms with Gasteiger partial charge >= 0.3 is 0 Å². The number of nitrogens with one attached hydrogen (secondary N) is 2. The van der Waals surface area contributed by atoms with E-state index in [4.69, 9.17) is 4.74 Å². The van der Waals surface area contributed by atoms with Gasteiger partial charge in [0.1, 0.15) is 5.82 Å². The Morgan fingerprint density at radius 3 is 2.42 bits per heavy atom. The largest absolute Gasteiger partial charge is 0.378 e. The van der Waals surface area contributed by atoms with Crippen LogP contribution in [0.15, 0.2) is 47.6 Å². The first kappa shape index (κ1) is 21.6. The molecule has 0 bridgehead atoms. The van der Waals surface area contributed by atoms with Crippen LogP contribution in [0.3, 0.4) is 0 Å². The number of anilines is 1. The van der Waals surface area contributed by atoms with E-state index in [-0.39, 0.29) is 0 Å². The zero-order valence-corrected chi connectivity index (χ0v) is 18.5. The summed E-state index contributed by atoms with van der Waals surface area (Å²) in [5.41, 5.74) is 3.81. The highest BCUT2D eigenvalue weighted by molar-refractivity contribution is 5.79. The fraction of sp³-hybridized carbons (Fsp3) is 0.500. The summed E-state index contributed by atoms with van der Waals surface area (Å²) >= 11 is 0. The van der Waals surface area contributed by atoms with Gasteiger partial charge in [0, 0.05) is 51.5 Å². The van der Waals surface area contributed by atoms with Gasteiger partial charge in [-0.05, 0) is 43.1 Å². The van der Waals surface area contributed by atoms with Crippen LogP contribution in [0.5, 0.6) is 0 Å². The van der Waals surface area contributed by atoms with Gasteiger partial charge < -0.3 is 20.3 Å². The lowest BCUT2D eigenvalue weighted by Gasteiger charge is -2.29. The van der Waals surface area contributed by atoms with E-state index >= 15 is 0 Å². The molecule has 2 aliphatic rings. The summed E-state index contributed by atoms with van der Waals surface area (Å²) in [5, 5.41) is 6.85. The molecule has 0 aliphatic carbocycles. The summed E-state index contributed by atoms with van der Waals surface area (Å²) in [6.07, 6.45) is 4.52. The molecule has 4 rings (SSSR count). The van der Waals surface area contributed by atoms with Crippen molar-refractivity contribution in [3.8, 4) is 0 Å². The van der Waals surface area contributed by atoms with Crippen molar-refractivity contribution in [1.29, 1.82) is 0 Å². The van der Waals surface area contributed by atoms with Gasteiger partial charge in [-0.3, -0.25) is 9.89 Å². The molecule has 0 spiro atoms. The minimum Gasteiger partial charge on any atom is -0.378 e. The summed E-state index contributed by atoms with van der Waals surface area (Å²) in [5.74, 6) is 1.82. The average Bonchev–Trinajstić information content (AvgIpc) is 3.34. The first-order valence-corrected chi connectivity index (χ1v) is 11.3. The van der Waals surface area contributed by atoms with Crippen LogP contribution in [0.4, 0.5) is 5.82 Å². The van der Waals surface area contributed by atoms with Gasteiger partial charge in [-0.25, -0.2) is 4.98 Å². The Morgan fingerprint density at radius 1 is 0.968 bits per heavy atom. The summed E-state index contributed by atoms with van der Waals surface area (Å²) in [6, 6.07) is 13.0. The molecule has 0 radical (unpaired) electrons. The summed E-state index contributed by atoms with van der Waals surface area (Å²) < 4.78 is 5.47.